The molecule has 3 aromatic heterocycles. The summed E-state index contributed by atoms with van der Waals surface area (Å²) < 4.78 is 10.4. The fourth-order valence-electron chi connectivity index (χ4n) is 3.73. The van der Waals surface area contributed by atoms with E-state index in [1.165, 1.54) is 0 Å². The van der Waals surface area contributed by atoms with Crippen molar-refractivity contribution in [3.8, 4) is 5.88 Å². The van der Waals surface area contributed by atoms with Gasteiger partial charge in [0.1, 0.15) is 11.3 Å². The van der Waals surface area contributed by atoms with Crippen LogP contribution in [-0.2, 0) is 16.1 Å². The first-order valence-electron chi connectivity index (χ1n) is 11.7. The van der Waals surface area contributed by atoms with E-state index in [0.717, 1.165) is 22.2 Å². The molecule has 0 saturated carbocycles. The summed E-state index contributed by atoms with van der Waals surface area (Å²) in [5, 5.41) is 10.4. The first kappa shape index (κ1) is 23.4. The van der Waals surface area contributed by atoms with Gasteiger partial charge in [-0.15, -0.1) is 0 Å². The van der Waals surface area contributed by atoms with Gasteiger partial charge < -0.3 is 25.4 Å². The minimum Gasteiger partial charge on any atom is -0.479 e. The van der Waals surface area contributed by atoms with Crippen molar-refractivity contribution in [2.24, 2.45) is 0 Å². The Morgan fingerprint density at radius 2 is 1.86 bits per heavy atom. The highest BCUT2D eigenvalue weighted by Gasteiger charge is 2.24. The maximum absolute atomic E-state index is 12.3. The number of pyridine rings is 2. The maximum Gasteiger partial charge on any atom is 0.240 e. The van der Waals surface area contributed by atoms with Crippen molar-refractivity contribution in [3.63, 3.8) is 0 Å². The second-order valence-electron chi connectivity index (χ2n) is 8.57. The van der Waals surface area contributed by atoms with E-state index in [2.05, 4.69) is 35.9 Å². The molecule has 36 heavy (non-hydrogen) atoms. The van der Waals surface area contributed by atoms with Gasteiger partial charge in [0.05, 0.1) is 32.3 Å². The summed E-state index contributed by atoms with van der Waals surface area (Å²) in [5.74, 6) is 1.33. The lowest BCUT2D eigenvalue weighted by molar-refractivity contribution is -0.126. The van der Waals surface area contributed by atoms with Crippen LogP contribution in [0.25, 0.3) is 10.9 Å². The van der Waals surface area contributed by atoms with Crippen LogP contribution in [0.3, 0.4) is 0 Å². The number of benzene rings is 1. The molecule has 0 spiro atoms. The van der Waals surface area contributed by atoms with E-state index in [9.17, 15) is 4.79 Å². The number of carbonyl (C=O) groups excluding carboxylic acids is 1. The van der Waals surface area contributed by atoms with Crippen molar-refractivity contribution in [1.29, 1.82) is 0 Å². The van der Waals surface area contributed by atoms with Gasteiger partial charge in [-0.3, -0.25) is 4.79 Å². The monoisotopic (exact) mass is 485 g/mol. The zero-order valence-electron chi connectivity index (χ0n) is 20.1. The number of carbonyl (C=O) groups is 1. The van der Waals surface area contributed by atoms with Gasteiger partial charge in [-0.2, -0.15) is 0 Å². The molecule has 1 fully saturated rings. The number of amides is 1. The molecule has 3 N–H and O–H groups in total. The van der Waals surface area contributed by atoms with Crippen molar-refractivity contribution in [2.75, 3.05) is 31.0 Å². The molecule has 1 aliphatic heterocycles. The number of hydrogen-bond donors (Lipinski definition) is 3. The topological polar surface area (TPSA) is 123 Å². The van der Waals surface area contributed by atoms with Gasteiger partial charge in [0, 0.05) is 41.8 Å². The van der Waals surface area contributed by atoms with Crippen LogP contribution in [0.15, 0.2) is 61.1 Å². The highest BCUT2D eigenvalue weighted by atomic mass is 16.5. The molecule has 4 aromatic rings. The SMILES string of the molecule is COc1nccc2ccc(Nc3ccc(CNc4ncc(C(C)C(=O)NC5COC5)cn4)cc3)nc12. The fraction of sp³-hybridized carbons (Fsp3) is 0.269. The van der Waals surface area contributed by atoms with Gasteiger partial charge in [0.25, 0.3) is 0 Å². The Hall–Kier alpha value is -4.31. The van der Waals surface area contributed by atoms with E-state index < -0.39 is 0 Å². The minimum atomic E-state index is -0.325. The summed E-state index contributed by atoms with van der Waals surface area (Å²) in [6.07, 6.45) is 5.07. The van der Waals surface area contributed by atoms with E-state index >= 15 is 0 Å². The third-order valence-electron chi connectivity index (χ3n) is 5.99. The molecule has 0 radical (unpaired) electrons. The first-order chi connectivity index (χ1) is 17.6. The molecule has 1 amide bonds. The molecule has 1 saturated heterocycles. The Morgan fingerprint density at radius 3 is 2.56 bits per heavy atom. The van der Waals surface area contributed by atoms with Crippen molar-refractivity contribution in [2.45, 2.75) is 25.4 Å². The molecule has 10 heteroatoms. The van der Waals surface area contributed by atoms with Gasteiger partial charge in [0.15, 0.2) is 0 Å². The second-order valence-corrected chi connectivity index (χ2v) is 8.57. The zero-order valence-corrected chi connectivity index (χ0v) is 20.1. The standard InChI is InChI=1S/C26H27N7O3/c1-16(24(34)32-21-14-36-15-21)19-12-29-26(30-13-19)28-11-17-3-6-20(7-4-17)31-22-8-5-18-9-10-27-25(35-2)23(18)33-22/h3-10,12-13,16,21H,11,14-15H2,1-2H3,(H,31,33)(H,32,34)(H,28,29,30). The summed E-state index contributed by atoms with van der Waals surface area (Å²) >= 11 is 0. The lowest BCUT2D eigenvalue weighted by Crippen LogP contribution is -2.49. The molecule has 1 unspecified atom stereocenters. The molecular formula is C26H27N7O3. The summed E-state index contributed by atoms with van der Waals surface area (Å²) in [7, 11) is 1.59. The normalized spacial score (nSPS) is 14.1. The molecule has 0 aliphatic carbocycles. The van der Waals surface area contributed by atoms with E-state index in [1.54, 1.807) is 25.7 Å². The fourth-order valence-corrected chi connectivity index (χ4v) is 3.73. The summed E-state index contributed by atoms with van der Waals surface area (Å²) in [4.78, 5) is 29.9. The molecule has 1 atom stereocenters. The van der Waals surface area contributed by atoms with Crippen molar-refractivity contribution in [1.82, 2.24) is 25.3 Å². The molecular weight excluding hydrogens is 458 g/mol. The van der Waals surface area contributed by atoms with E-state index in [0.29, 0.717) is 42.9 Å². The van der Waals surface area contributed by atoms with E-state index in [4.69, 9.17) is 9.47 Å². The number of anilines is 3. The van der Waals surface area contributed by atoms with Crippen molar-refractivity contribution < 1.29 is 14.3 Å². The van der Waals surface area contributed by atoms with Crippen LogP contribution in [-0.4, -0.2) is 52.2 Å². The van der Waals surface area contributed by atoms with Crippen LogP contribution in [0.1, 0.15) is 24.0 Å². The summed E-state index contributed by atoms with van der Waals surface area (Å²) in [6.45, 7) is 3.55. The van der Waals surface area contributed by atoms with E-state index in [-0.39, 0.29) is 17.9 Å². The van der Waals surface area contributed by atoms with Gasteiger partial charge in [-0.05, 0) is 42.8 Å². The van der Waals surface area contributed by atoms with Gasteiger partial charge in [-0.25, -0.2) is 19.9 Å². The number of fused-ring (bicyclic) bond motifs is 1. The molecule has 5 rings (SSSR count). The highest BCUT2D eigenvalue weighted by molar-refractivity contribution is 5.85. The van der Waals surface area contributed by atoms with Crippen LogP contribution in [0.4, 0.5) is 17.5 Å². The smallest absolute Gasteiger partial charge is 0.240 e. The average Bonchev–Trinajstić information content (AvgIpc) is 2.89. The van der Waals surface area contributed by atoms with Crippen LogP contribution < -0.4 is 20.7 Å². The van der Waals surface area contributed by atoms with Gasteiger partial charge in [-0.1, -0.05) is 12.1 Å². The van der Waals surface area contributed by atoms with Gasteiger partial charge >= 0.3 is 0 Å². The third kappa shape index (κ3) is 5.33. The third-order valence-corrected chi connectivity index (χ3v) is 5.99. The number of nitrogens with one attached hydrogen (secondary N) is 3. The Balaban J connectivity index is 1.15. The second kappa shape index (κ2) is 10.5. The molecule has 4 heterocycles. The molecule has 184 valence electrons. The van der Waals surface area contributed by atoms with Crippen LogP contribution in [0.5, 0.6) is 5.88 Å². The number of hydrogen-bond acceptors (Lipinski definition) is 9. The number of methoxy groups -OCH3 is 1. The largest absolute Gasteiger partial charge is 0.479 e. The summed E-state index contributed by atoms with van der Waals surface area (Å²) in [6, 6.07) is 13.9. The van der Waals surface area contributed by atoms with Crippen LogP contribution in [0, 0.1) is 0 Å². The van der Waals surface area contributed by atoms with Crippen LogP contribution in [0.2, 0.25) is 0 Å². The number of ether oxygens (including phenoxy) is 2. The lowest BCUT2D eigenvalue weighted by Gasteiger charge is -2.28. The minimum absolute atomic E-state index is 0.0454. The first-order valence-corrected chi connectivity index (χ1v) is 11.7. The molecule has 1 aromatic carbocycles. The zero-order chi connectivity index (χ0) is 24.9. The average molecular weight is 486 g/mol. The Bertz CT molecular complexity index is 1340. The number of aromatic nitrogens is 4. The Labute approximate surface area is 208 Å². The Kier molecular flexibility index (Phi) is 6.85. The predicted octanol–water partition coefficient (Wildman–Crippen LogP) is 3.40. The lowest BCUT2D eigenvalue weighted by atomic mass is 10.0. The quantitative estimate of drug-likeness (QED) is 0.327. The Morgan fingerprint density at radius 1 is 1.08 bits per heavy atom. The molecule has 1 aliphatic rings. The number of nitrogens with zero attached hydrogens (tertiary/aromatic N) is 4. The maximum atomic E-state index is 12.3. The van der Waals surface area contributed by atoms with Crippen molar-refractivity contribution >= 4 is 34.3 Å². The number of rotatable bonds is 9. The predicted molar refractivity (Wildman–Crippen MR) is 136 cm³/mol. The van der Waals surface area contributed by atoms with Crippen LogP contribution >= 0.6 is 0 Å². The van der Waals surface area contributed by atoms with Gasteiger partial charge in [0.2, 0.25) is 17.7 Å². The molecule has 10 nitrogen and oxygen atoms in total. The highest BCUT2D eigenvalue weighted by Crippen LogP contribution is 2.24. The molecule has 0 bridgehead atoms. The summed E-state index contributed by atoms with van der Waals surface area (Å²) in [5.41, 5.74) is 3.46. The van der Waals surface area contributed by atoms with E-state index in [1.807, 2.05) is 49.4 Å². The van der Waals surface area contributed by atoms with Crippen molar-refractivity contribution in [3.05, 3.63) is 72.2 Å².